The van der Waals surface area contributed by atoms with Crippen LogP contribution >= 0.6 is 15.9 Å². The van der Waals surface area contributed by atoms with Crippen molar-refractivity contribution in [3.63, 3.8) is 0 Å². The van der Waals surface area contributed by atoms with Gasteiger partial charge in [-0.3, -0.25) is 4.79 Å². The highest BCUT2D eigenvalue weighted by atomic mass is 79.9. The number of carbonyl (C=O) groups is 1. The van der Waals surface area contributed by atoms with Crippen molar-refractivity contribution in [1.29, 1.82) is 0 Å². The molecule has 0 spiro atoms. The number of amides is 1. The van der Waals surface area contributed by atoms with Gasteiger partial charge >= 0.3 is 0 Å². The van der Waals surface area contributed by atoms with Gasteiger partial charge < -0.3 is 10.1 Å². The lowest BCUT2D eigenvalue weighted by atomic mass is 9.99. The molecule has 3 rings (SSSR count). The molecule has 1 aliphatic carbocycles. The number of nitrogens with one attached hydrogen (secondary N) is 1. The third-order valence-corrected chi connectivity index (χ3v) is 3.83. The maximum atomic E-state index is 11.9. The summed E-state index contributed by atoms with van der Waals surface area (Å²) in [4.78, 5) is 16.1. The number of nitrogens with zero attached hydrogens (tertiary/aromatic N) is 1. The zero-order valence-electron chi connectivity index (χ0n) is 9.28. The molecule has 17 heavy (non-hydrogen) atoms. The van der Waals surface area contributed by atoms with Crippen molar-refractivity contribution >= 4 is 27.7 Å². The van der Waals surface area contributed by atoms with Crippen molar-refractivity contribution in [2.75, 3.05) is 5.32 Å². The van der Waals surface area contributed by atoms with Crippen molar-refractivity contribution in [2.45, 2.75) is 31.8 Å². The summed E-state index contributed by atoms with van der Waals surface area (Å²) < 4.78 is 6.66. The second kappa shape index (κ2) is 4.29. The zero-order chi connectivity index (χ0) is 11.8. The summed E-state index contributed by atoms with van der Waals surface area (Å²) >= 11 is 3.35. The average molecular weight is 297 g/mol. The first-order valence-electron chi connectivity index (χ1n) is 5.87. The standard InChI is InChI=1S/C12H13BrN2O2/c13-8-5-9-11(14-6-8)15-12(16)10(17-9)7-3-1-2-4-7/h5-7,10H,1-4H2,(H,14,15,16). The fraction of sp³-hybridized carbons (Fsp3) is 0.500. The first-order chi connectivity index (χ1) is 8.24. The molecular weight excluding hydrogens is 284 g/mol. The van der Waals surface area contributed by atoms with E-state index in [9.17, 15) is 4.79 Å². The van der Waals surface area contributed by atoms with Crippen LogP contribution in [0.15, 0.2) is 16.7 Å². The number of pyridine rings is 1. The Morgan fingerprint density at radius 2 is 2.18 bits per heavy atom. The highest BCUT2D eigenvalue weighted by Gasteiger charge is 2.36. The molecule has 90 valence electrons. The van der Waals surface area contributed by atoms with Crippen molar-refractivity contribution in [2.24, 2.45) is 5.92 Å². The lowest BCUT2D eigenvalue weighted by Gasteiger charge is -2.28. The van der Waals surface area contributed by atoms with Crippen LogP contribution in [-0.4, -0.2) is 17.0 Å². The van der Waals surface area contributed by atoms with Gasteiger partial charge in [0.25, 0.3) is 5.91 Å². The lowest BCUT2D eigenvalue weighted by Crippen LogP contribution is -2.41. The average Bonchev–Trinajstić information content (AvgIpc) is 2.82. The van der Waals surface area contributed by atoms with E-state index in [1.807, 2.05) is 6.07 Å². The molecule has 1 aliphatic heterocycles. The predicted octanol–water partition coefficient (Wildman–Crippen LogP) is 2.73. The maximum Gasteiger partial charge on any atom is 0.266 e. The molecule has 0 aromatic carbocycles. The first kappa shape index (κ1) is 11.0. The number of hydrogen-bond acceptors (Lipinski definition) is 3. The molecule has 0 saturated heterocycles. The first-order valence-corrected chi connectivity index (χ1v) is 6.66. The molecule has 5 heteroatoms. The van der Waals surface area contributed by atoms with E-state index in [1.54, 1.807) is 6.20 Å². The van der Waals surface area contributed by atoms with Gasteiger partial charge in [0, 0.05) is 16.6 Å². The molecular formula is C12H13BrN2O2. The van der Waals surface area contributed by atoms with Crippen LogP contribution in [0.5, 0.6) is 5.75 Å². The number of hydrogen-bond donors (Lipinski definition) is 1. The molecule has 1 fully saturated rings. The number of rotatable bonds is 1. The van der Waals surface area contributed by atoms with E-state index >= 15 is 0 Å². The molecule has 1 saturated carbocycles. The summed E-state index contributed by atoms with van der Waals surface area (Å²) in [6.45, 7) is 0. The lowest BCUT2D eigenvalue weighted by molar-refractivity contribution is -0.125. The second-order valence-corrected chi connectivity index (χ2v) is 5.49. The molecule has 0 radical (unpaired) electrons. The van der Waals surface area contributed by atoms with Crippen LogP contribution in [0.25, 0.3) is 0 Å². The second-order valence-electron chi connectivity index (χ2n) is 4.57. The smallest absolute Gasteiger partial charge is 0.266 e. The molecule has 1 N–H and O–H groups in total. The Kier molecular flexibility index (Phi) is 2.78. The van der Waals surface area contributed by atoms with Gasteiger partial charge in [-0.2, -0.15) is 0 Å². The summed E-state index contributed by atoms with van der Waals surface area (Å²) in [6.07, 6.45) is 5.85. The van der Waals surface area contributed by atoms with Gasteiger partial charge in [-0.05, 0) is 34.8 Å². The SMILES string of the molecule is O=C1Nc2ncc(Br)cc2OC1C1CCCC1. The molecule has 1 aromatic rings. The Labute approximate surface area is 108 Å². The largest absolute Gasteiger partial charge is 0.476 e. The van der Waals surface area contributed by atoms with E-state index in [4.69, 9.17) is 4.74 Å². The summed E-state index contributed by atoms with van der Waals surface area (Å²) in [6, 6.07) is 1.85. The molecule has 1 amide bonds. The van der Waals surface area contributed by atoms with Gasteiger partial charge in [0.1, 0.15) is 0 Å². The highest BCUT2D eigenvalue weighted by Crippen LogP contribution is 2.36. The Balaban J connectivity index is 1.88. The minimum atomic E-state index is -0.346. The van der Waals surface area contributed by atoms with Crippen molar-refractivity contribution in [1.82, 2.24) is 4.98 Å². The van der Waals surface area contributed by atoms with Crippen molar-refractivity contribution in [3.8, 4) is 5.75 Å². The molecule has 1 atom stereocenters. The Hall–Kier alpha value is -1.10. The van der Waals surface area contributed by atoms with Crippen LogP contribution < -0.4 is 10.1 Å². The van der Waals surface area contributed by atoms with E-state index in [1.165, 1.54) is 12.8 Å². The molecule has 1 unspecified atom stereocenters. The van der Waals surface area contributed by atoms with E-state index in [0.717, 1.165) is 17.3 Å². The topological polar surface area (TPSA) is 51.2 Å². The van der Waals surface area contributed by atoms with E-state index in [0.29, 0.717) is 17.5 Å². The Morgan fingerprint density at radius 3 is 2.94 bits per heavy atom. The van der Waals surface area contributed by atoms with Crippen LogP contribution in [0, 0.1) is 5.92 Å². The molecule has 4 nitrogen and oxygen atoms in total. The Bertz CT molecular complexity index is 458. The normalized spacial score (nSPS) is 24.1. The minimum absolute atomic E-state index is 0.0563. The summed E-state index contributed by atoms with van der Waals surface area (Å²) in [5.41, 5.74) is 0. The molecule has 1 aromatic heterocycles. The van der Waals surface area contributed by atoms with Crippen molar-refractivity contribution in [3.05, 3.63) is 16.7 Å². The fourth-order valence-corrected chi connectivity index (χ4v) is 2.86. The minimum Gasteiger partial charge on any atom is -0.476 e. The number of carbonyl (C=O) groups excluding carboxylic acids is 1. The van der Waals surface area contributed by atoms with Gasteiger partial charge in [0.05, 0.1) is 0 Å². The van der Waals surface area contributed by atoms with Crippen LogP contribution in [0.4, 0.5) is 5.82 Å². The monoisotopic (exact) mass is 296 g/mol. The van der Waals surface area contributed by atoms with Crippen molar-refractivity contribution < 1.29 is 9.53 Å². The quantitative estimate of drug-likeness (QED) is 0.867. The van der Waals surface area contributed by atoms with E-state index in [-0.39, 0.29) is 12.0 Å². The number of aromatic nitrogens is 1. The third-order valence-electron chi connectivity index (χ3n) is 3.40. The summed E-state index contributed by atoms with van der Waals surface area (Å²) in [7, 11) is 0. The van der Waals surface area contributed by atoms with Gasteiger partial charge in [0.2, 0.25) is 0 Å². The van der Waals surface area contributed by atoms with Gasteiger partial charge in [-0.15, -0.1) is 0 Å². The fourth-order valence-electron chi connectivity index (χ4n) is 2.55. The van der Waals surface area contributed by atoms with Crippen LogP contribution in [0.2, 0.25) is 0 Å². The number of anilines is 1. The van der Waals surface area contributed by atoms with Crippen LogP contribution in [-0.2, 0) is 4.79 Å². The number of halogens is 1. The van der Waals surface area contributed by atoms with Gasteiger partial charge in [-0.1, -0.05) is 12.8 Å². The number of fused-ring (bicyclic) bond motifs is 1. The third kappa shape index (κ3) is 2.04. The van der Waals surface area contributed by atoms with E-state index < -0.39 is 0 Å². The molecule has 2 heterocycles. The Morgan fingerprint density at radius 1 is 1.41 bits per heavy atom. The summed E-state index contributed by atoms with van der Waals surface area (Å²) in [5.74, 6) is 1.48. The zero-order valence-corrected chi connectivity index (χ0v) is 10.9. The predicted molar refractivity (Wildman–Crippen MR) is 66.9 cm³/mol. The van der Waals surface area contributed by atoms with Gasteiger partial charge in [-0.25, -0.2) is 4.98 Å². The van der Waals surface area contributed by atoms with Gasteiger partial charge in [0.15, 0.2) is 17.7 Å². The molecule has 2 aliphatic rings. The molecule has 0 bridgehead atoms. The highest BCUT2D eigenvalue weighted by molar-refractivity contribution is 9.10. The van der Waals surface area contributed by atoms with E-state index in [2.05, 4.69) is 26.2 Å². The maximum absolute atomic E-state index is 11.9. The number of ether oxygens (including phenoxy) is 1. The van der Waals surface area contributed by atoms with Crippen LogP contribution in [0.1, 0.15) is 25.7 Å². The summed E-state index contributed by atoms with van der Waals surface area (Å²) in [5, 5.41) is 2.82. The van der Waals surface area contributed by atoms with Crippen LogP contribution in [0.3, 0.4) is 0 Å².